The van der Waals surface area contributed by atoms with E-state index in [0.717, 1.165) is 22.7 Å². The number of ether oxygens (including phenoxy) is 1. The second-order valence-corrected chi connectivity index (χ2v) is 5.84. The zero-order valence-electron chi connectivity index (χ0n) is 14.1. The highest BCUT2D eigenvalue weighted by Crippen LogP contribution is 2.26. The van der Waals surface area contributed by atoms with Gasteiger partial charge >= 0.3 is 0 Å². The number of nitrogens with zero attached hydrogens (tertiary/aromatic N) is 2. The summed E-state index contributed by atoms with van der Waals surface area (Å²) in [5.74, 6) is 0.653. The molecule has 0 atom stereocenters. The molecule has 1 aromatic carbocycles. The predicted molar refractivity (Wildman–Crippen MR) is 86.7 cm³/mol. The minimum absolute atomic E-state index is 0.288. The lowest BCUT2D eigenvalue weighted by Gasteiger charge is -2.10. The Labute approximate surface area is 136 Å². The number of aliphatic hydroxyl groups is 1. The van der Waals surface area contributed by atoms with Gasteiger partial charge in [0.2, 0.25) is 5.88 Å². The fraction of sp³-hybridized carbons (Fsp3) is 0.471. The van der Waals surface area contributed by atoms with Crippen molar-refractivity contribution in [3.05, 3.63) is 46.4 Å². The molecule has 0 saturated carbocycles. The van der Waals surface area contributed by atoms with Crippen LogP contribution >= 0.6 is 0 Å². The van der Waals surface area contributed by atoms with Crippen LogP contribution in [0.15, 0.2) is 18.2 Å². The molecule has 0 amide bonds. The SMILES string of the molecule is COc1c(CNCc2ccc(CO)c(F)c2)c(C(C)C)nn1C. The van der Waals surface area contributed by atoms with Gasteiger partial charge < -0.3 is 15.2 Å². The van der Waals surface area contributed by atoms with Crippen molar-refractivity contribution in [1.29, 1.82) is 0 Å². The van der Waals surface area contributed by atoms with Gasteiger partial charge in [0.05, 0.1) is 25.0 Å². The number of halogens is 1. The average Bonchev–Trinajstić information content (AvgIpc) is 2.83. The van der Waals surface area contributed by atoms with E-state index in [1.165, 1.54) is 6.07 Å². The van der Waals surface area contributed by atoms with Crippen LogP contribution in [0.1, 0.15) is 42.1 Å². The molecule has 5 nitrogen and oxygen atoms in total. The third-order valence-corrected chi connectivity index (χ3v) is 3.78. The molecule has 0 aliphatic heterocycles. The molecule has 1 heterocycles. The van der Waals surface area contributed by atoms with Crippen LogP contribution in [-0.2, 0) is 26.7 Å². The Balaban J connectivity index is 2.08. The van der Waals surface area contributed by atoms with Gasteiger partial charge in [-0.15, -0.1) is 0 Å². The highest BCUT2D eigenvalue weighted by atomic mass is 19.1. The van der Waals surface area contributed by atoms with E-state index in [1.807, 2.05) is 13.1 Å². The molecule has 0 spiro atoms. The van der Waals surface area contributed by atoms with E-state index in [1.54, 1.807) is 17.9 Å². The Kier molecular flexibility index (Phi) is 5.74. The summed E-state index contributed by atoms with van der Waals surface area (Å²) in [6, 6.07) is 4.87. The molecule has 2 N–H and O–H groups in total. The van der Waals surface area contributed by atoms with Crippen molar-refractivity contribution in [2.75, 3.05) is 7.11 Å². The van der Waals surface area contributed by atoms with E-state index in [4.69, 9.17) is 9.84 Å². The Morgan fingerprint density at radius 3 is 2.65 bits per heavy atom. The number of aryl methyl sites for hydroxylation is 1. The minimum Gasteiger partial charge on any atom is -0.481 e. The number of nitrogens with one attached hydrogen (secondary N) is 1. The fourth-order valence-corrected chi connectivity index (χ4v) is 2.62. The second kappa shape index (κ2) is 7.57. The van der Waals surface area contributed by atoms with Gasteiger partial charge in [-0.25, -0.2) is 9.07 Å². The number of aliphatic hydroxyl groups excluding tert-OH is 1. The molecule has 126 valence electrons. The lowest BCUT2D eigenvalue weighted by molar-refractivity contribution is 0.275. The van der Waals surface area contributed by atoms with Gasteiger partial charge in [-0.2, -0.15) is 5.10 Å². The smallest absolute Gasteiger partial charge is 0.216 e. The normalized spacial score (nSPS) is 11.3. The molecule has 2 rings (SSSR count). The van der Waals surface area contributed by atoms with E-state index in [2.05, 4.69) is 24.3 Å². The first-order chi connectivity index (χ1) is 11.0. The lowest BCUT2D eigenvalue weighted by atomic mass is 10.1. The summed E-state index contributed by atoms with van der Waals surface area (Å²) >= 11 is 0. The molecule has 6 heteroatoms. The summed E-state index contributed by atoms with van der Waals surface area (Å²) < 4.78 is 20.8. The molecule has 23 heavy (non-hydrogen) atoms. The third-order valence-electron chi connectivity index (χ3n) is 3.78. The van der Waals surface area contributed by atoms with Crippen LogP contribution < -0.4 is 10.1 Å². The summed E-state index contributed by atoms with van der Waals surface area (Å²) in [5, 5.41) is 16.8. The number of hydrogen-bond donors (Lipinski definition) is 2. The molecule has 0 fully saturated rings. The van der Waals surface area contributed by atoms with Crippen LogP contribution in [0, 0.1) is 5.82 Å². The summed E-state index contributed by atoms with van der Waals surface area (Å²) in [4.78, 5) is 0. The first-order valence-electron chi connectivity index (χ1n) is 7.66. The van der Waals surface area contributed by atoms with E-state index in [-0.39, 0.29) is 12.4 Å². The maximum atomic E-state index is 13.7. The molecular formula is C17H24FN3O2. The largest absolute Gasteiger partial charge is 0.481 e. The maximum absolute atomic E-state index is 13.7. The minimum atomic E-state index is -0.381. The molecule has 2 aromatic rings. The van der Waals surface area contributed by atoms with Gasteiger partial charge in [-0.3, -0.25) is 0 Å². The summed E-state index contributed by atoms with van der Waals surface area (Å²) in [7, 11) is 3.49. The van der Waals surface area contributed by atoms with Crippen LogP contribution in [0.2, 0.25) is 0 Å². The molecular weight excluding hydrogens is 297 g/mol. The molecule has 0 radical (unpaired) electrons. The van der Waals surface area contributed by atoms with Gasteiger partial charge in [0.1, 0.15) is 5.82 Å². The van der Waals surface area contributed by atoms with Crippen LogP contribution in [-0.4, -0.2) is 22.0 Å². The van der Waals surface area contributed by atoms with Crippen LogP contribution in [0.4, 0.5) is 4.39 Å². The first-order valence-corrected chi connectivity index (χ1v) is 7.66. The third kappa shape index (κ3) is 3.89. The monoisotopic (exact) mass is 321 g/mol. The van der Waals surface area contributed by atoms with Gasteiger partial charge in [-0.05, 0) is 17.5 Å². The molecule has 0 bridgehead atoms. The van der Waals surface area contributed by atoms with Crippen molar-refractivity contribution >= 4 is 0 Å². The number of aromatic nitrogens is 2. The first kappa shape index (κ1) is 17.4. The lowest BCUT2D eigenvalue weighted by Crippen LogP contribution is -2.15. The highest BCUT2D eigenvalue weighted by molar-refractivity contribution is 5.33. The molecule has 0 aliphatic rings. The van der Waals surface area contributed by atoms with Crippen molar-refractivity contribution < 1.29 is 14.2 Å². The van der Waals surface area contributed by atoms with E-state index in [9.17, 15) is 4.39 Å². The maximum Gasteiger partial charge on any atom is 0.216 e. The Morgan fingerprint density at radius 2 is 2.09 bits per heavy atom. The van der Waals surface area contributed by atoms with Gasteiger partial charge in [-0.1, -0.05) is 26.0 Å². The number of methoxy groups -OCH3 is 1. The zero-order chi connectivity index (χ0) is 17.0. The fourth-order valence-electron chi connectivity index (χ4n) is 2.62. The number of rotatable bonds is 7. The number of benzene rings is 1. The quantitative estimate of drug-likeness (QED) is 0.822. The second-order valence-electron chi connectivity index (χ2n) is 5.84. The van der Waals surface area contributed by atoms with Crippen molar-refractivity contribution in [2.24, 2.45) is 7.05 Å². The molecule has 0 saturated heterocycles. The molecule has 1 aromatic heterocycles. The van der Waals surface area contributed by atoms with Gasteiger partial charge in [0.15, 0.2) is 0 Å². The van der Waals surface area contributed by atoms with Crippen molar-refractivity contribution in [2.45, 2.75) is 39.5 Å². The molecule has 0 unspecified atom stereocenters. The predicted octanol–water partition coefficient (Wildman–Crippen LogP) is 2.47. The number of hydrogen-bond acceptors (Lipinski definition) is 4. The average molecular weight is 321 g/mol. The van der Waals surface area contributed by atoms with Crippen LogP contribution in [0.25, 0.3) is 0 Å². The summed E-state index contributed by atoms with van der Waals surface area (Å²) in [6.45, 7) is 5.01. The van der Waals surface area contributed by atoms with Crippen LogP contribution in [0.5, 0.6) is 5.88 Å². The summed E-state index contributed by atoms with van der Waals surface area (Å²) in [6.07, 6.45) is 0. The van der Waals surface area contributed by atoms with Crippen LogP contribution in [0.3, 0.4) is 0 Å². The van der Waals surface area contributed by atoms with E-state index < -0.39 is 0 Å². The Hall–Kier alpha value is -1.92. The summed E-state index contributed by atoms with van der Waals surface area (Å²) in [5.41, 5.74) is 3.16. The van der Waals surface area contributed by atoms with Crippen molar-refractivity contribution in [3.63, 3.8) is 0 Å². The van der Waals surface area contributed by atoms with E-state index in [0.29, 0.717) is 24.6 Å². The molecule has 0 aliphatic carbocycles. The van der Waals surface area contributed by atoms with E-state index >= 15 is 0 Å². The standard InChI is InChI=1S/C17H24FN3O2/c1-11(2)16-14(17(23-4)21(3)20-16)9-19-8-12-5-6-13(10-22)15(18)7-12/h5-7,11,19,22H,8-10H2,1-4H3. The van der Waals surface area contributed by atoms with Gasteiger partial charge in [0.25, 0.3) is 0 Å². The van der Waals surface area contributed by atoms with Crippen molar-refractivity contribution in [1.82, 2.24) is 15.1 Å². The zero-order valence-corrected chi connectivity index (χ0v) is 14.1. The topological polar surface area (TPSA) is 59.3 Å². The van der Waals surface area contributed by atoms with Gasteiger partial charge in [0, 0.05) is 25.7 Å². The Bertz CT molecular complexity index is 668. The highest BCUT2D eigenvalue weighted by Gasteiger charge is 2.18. The Morgan fingerprint density at radius 1 is 1.35 bits per heavy atom. The van der Waals surface area contributed by atoms with Crippen molar-refractivity contribution in [3.8, 4) is 5.88 Å².